The van der Waals surface area contributed by atoms with Gasteiger partial charge in [0.2, 0.25) is 0 Å². The molecule has 1 aliphatic carbocycles. The average molecular weight is 306 g/mol. The van der Waals surface area contributed by atoms with Crippen LogP contribution in [0.1, 0.15) is 58.6 Å². The van der Waals surface area contributed by atoms with E-state index in [1.807, 2.05) is 11.8 Å². The zero-order valence-corrected chi connectivity index (χ0v) is 15.0. The highest BCUT2D eigenvalue weighted by atomic mass is 32.2. The summed E-state index contributed by atoms with van der Waals surface area (Å²) in [5, 5.41) is 3.93. The van der Waals surface area contributed by atoms with Crippen LogP contribution >= 0.6 is 11.8 Å². The summed E-state index contributed by atoms with van der Waals surface area (Å²) in [6.07, 6.45) is 6.25. The Morgan fingerprint density at radius 3 is 2.33 bits per heavy atom. The maximum atomic E-state index is 3.93. The molecule has 118 valence electrons. The Labute approximate surface area is 135 Å². The number of nitrogens with one attached hydrogen (secondary N) is 1. The molecule has 2 heteroatoms. The van der Waals surface area contributed by atoms with Gasteiger partial charge in [0.15, 0.2) is 0 Å². The van der Waals surface area contributed by atoms with Crippen molar-refractivity contribution in [2.24, 2.45) is 17.8 Å². The van der Waals surface area contributed by atoms with Gasteiger partial charge in [-0.15, -0.1) is 11.8 Å². The van der Waals surface area contributed by atoms with E-state index in [0.29, 0.717) is 12.1 Å². The average Bonchev–Trinajstić information content (AvgIpc) is 2.47. The maximum Gasteiger partial charge on any atom is 0.0294 e. The first-order chi connectivity index (χ1) is 10.0. The lowest BCUT2D eigenvalue weighted by atomic mass is 9.73. The van der Waals surface area contributed by atoms with Gasteiger partial charge in [-0.05, 0) is 61.5 Å². The van der Waals surface area contributed by atoms with Crippen LogP contribution in [0.15, 0.2) is 29.2 Å². The van der Waals surface area contributed by atoms with Gasteiger partial charge in [0, 0.05) is 17.0 Å². The van der Waals surface area contributed by atoms with E-state index in [9.17, 15) is 0 Å². The second-order valence-corrected chi connectivity index (χ2v) is 7.97. The summed E-state index contributed by atoms with van der Waals surface area (Å²) < 4.78 is 0. The van der Waals surface area contributed by atoms with Crippen molar-refractivity contribution in [3.63, 3.8) is 0 Å². The van der Waals surface area contributed by atoms with Crippen LogP contribution in [0.5, 0.6) is 0 Å². The molecular formula is C19H31NS. The highest BCUT2D eigenvalue weighted by Gasteiger charge is 2.31. The Kier molecular flexibility index (Phi) is 6.19. The van der Waals surface area contributed by atoms with Gasteiger partial charge in [-0.3, -0.25) is 0 Å². The minimum absolute atomic E-state index is 0.442. The molecule has 1 aromatic carbocycles. The van der Waals surface area contributed by atoms with Gasteiger partial charge >= 0.3 is 0 Å². The van der Waals surface area contributed by atoms with Crippen LogP contribution in [0.25, 0.3) is 0 Å². The molecule has 1 N–H and O–H groups in total. The molecule has 21 heavy (non-hydrogen) atoms. The van der Waals surface area contributed by atoms with Crippen LogP contribution < -0.4 is 5.32 Å². The lowest BCUT2D eigenvalue weighted by Gasteiger charge is -2.39. The molecule has 1 aromatic rings. The normalized spacial score (nSPS) is 27.8. The van der Waals surface area contributed by atoms with Crippen molar-refractivity contribution in [1.82, 2.24) is 5.32 Å². The van der Waals surface area contributed by atoms with Gasteiger partial charge in [0.05, 0.1) is 0 Å². The fourth-order valence-electron chi connectivity index (χ4n) is 3.70. The quantitative estimate of drug-likeness (QED) is 0.719. The lowest BCUT2D eigenvalue weighted by Crippen LogP contribution is -2.43. The Balaban J connectivity index is 2.02. The predicted molar refractivity (Wildman–Crippen MR) is 94.9 cm³/mol. The van der Waals surface area contributed by atoms with Gasteiger partial charge in [0.1, 0.15) is 0 Å². The highest BCUT2D eigenvalue weighted by molar-refractivity contribution is 7.98. The number of hydrogen-bond acceptors (Lipinski definition) is 2. The van der Waals surface area contributed by atoms with Gasteiger partial charge in [-0.1, -0.05) is 39.3 Å². The summed E-state index contributed by atoms with van der Waals surface area (Å²) in [6, 6.07) is 10.1. The smallest absolute Gasteiger partial charge is 0.0294 e. The minimum Gasteiger partial charge on any atom is -0.307 e. The third kappa shape index (κ3) is 4.50. The zero-order valence-electron chi connectivity index (χ0n) is 14.2. The van der Waals surface area contributed by atoms with E-state index in [0.717, 1.165) is 17.8 Å². The third-order valence-corrected chi connectivity index (χ3v) is 5.85. The monoisotopic (exact) mass is 305 g/mol. The van der Waals surface area contributed by atoms with Crippen molar-refractivity contribution < 1.29 is 0 Å². The SMILES string of the molecule is CSc1ccc(C(C)NC2CC(C)CCC2C(C)C)cc1. The van der Waals surface area contributed by atoms with Crippen LogP contribution in [-0.4, -0.2) is 12.3 Å². The van der Waals surface area contributed by atoms with Gasteiger partial charge in [0.25, 0.3) is 0 Å². The van der Waals surface area contributed by atoms with Crippen molar-refractivity contribution in [2.75, 3.05) is 6.26 Å². The number of rotatable bonds is 5. The van der Waals surface area contributed by atoms with E-state index < -0.39 is 0 Å². The topological polar surface area (TPSA) is 12.0 Å². The van der Waals surface area contributed by atoms with E-state index in [-0.39, 0.29) is 0 Å². The Morgan fingerprint density at radius 2 is 1.76 bits per heavy atom. The standard InChI is InChI=1S/C19H31NS/c1-13(2)18-11-6-14(3)12-19(18)20-15(4)16-7-9-17(21-5)10-8-16/h7-10,13-15,18-20H,6,11-12H2,1-5H3. The van der Waals surface area contributed by atoms with Crippen LogP contribution in [0.2, 0.25) is 0 Å². The van der Waals surface area contributed by atoms with E-state index in [1.165, 1.54) is 29.7 Å². The number of hydrogen-bond donors (Lipinski definition) is 1. The molecule has 0 spiro atoms. The van der Waals surface area contributed by atoms with Crippen molar-refractivity contribution >= 4 is 11.8 Å². The number of thioether (sulfide) groups is 1. The summed E-state index contributed by atoms with van der Waals surface area (Å²) in [7, 11) is 0. The second-order valence-electron chi connectivity index (χ2n) is 7.09. The van der Waals surface area contributed by atoms with Gasteiger partial charge in [-0.25, -0.2) is 0 Å². The first-order valence-electron chi connectivity index (χ1n) is 8.41. The van der Waals surface area contributed by atoms with Gasteiger partial charge < -0.3 is 5.32 Å². The molecule has 1 nitrogen and oxygen atoms in total. The third-order valence-electron chi connectivity index (χ3n) is 5.10. The Bertz CT molecular complexity index is 426. The molecule has 0 aromatic heterocycles. The Hall–Kier alpha value is -0.470. The summed E-state index contributed by atoms with van der Waals surface area (Å²) in [4.78, 5) is 1.34. The van der Waals surface area contributed by atoms with E-state index >= 15 is 0 Å². The maximum absolute atomic E-state index is 3.93. The predicted octanol–water partition coefficient (Wildman–Crippen LogP) is 5.52. The molecule has 4 atom stereocenters. The van der Waals surface area contributed by atoms with Gasteiger partial charge in [-0.2, -0.15) is 0 Å². The van der Waals surface area contributed by atoms with Crippen molar-refractivity contribution in [1.29, 1.82) is 0 Å². The highest BCUT2D eigenvalue weighted by Crippen LogP contribution is 2.34. The Morgan fingerprint density at radius 1 is 1.10 bits per heavy atom. The molecule has 1 aliphatic rings. The van der Waals surface area contributed by atoms with Crippen LogP contribution in [0, 0.1) is 17.8 Å². The minimum atomic E-state index is 0.442. The summed E-state index contributed by atoms with van der Waals surface area (Å²) in [6.45, 7) is 9.48. The van der Waals surface area contributed by atoms with Crippen LogP contribution in [0.4, 0.5) is 0 Å². The fourth-order valence-corrected chi connectivity index (χ4v) is 4.11. The van der Waals surface area contributed by atoms with E-state index in [2.05, 4.69) is 63.5 Å². The lowest BCUT2D eigenvalue weighted by molar-refractivity contribution is 0.161. The molecule has 0 radical (unpaired) electrons. The zero-order chi connectivity index (χ0) is 15.4. The molecule has 4 unspecified atom stereocenters. The summed E-state index contributed by atoms with van der Waals surface area (Å²) in [5.74, 6) is 2.47. The molecule has 0 bridgehead atoms. The first-order valence-corrected chi connectivity index (χ1v) is 9.63. The molecule has 1 saturated carbocycles. The largest absolute Gasteiger partial charge is 0.307 e. The van der Waals surface area contributed by atoms with Crippen molar-refractivity contribution in [3.8, 4) is 0 Å². The summed E-state index contributed by atoms with van der Waals surface area (Å²) >= 11 is 1.81. The summed E-state index contributed by atoms with van der Waals surface area (Å²) in [5.41, 5.74) is 1.41. The molecule has 0 heterocycles. The fraction of sp³-hybridized carbons (Fsp3) is 0.684. The van der Waals surface area contributed by atoms with Crippen LogP contribution in [-0.2, 0) is 0 Å². The molecule has 0 amide bonds. The first kappa shape index (κ1) is 16.9. The molecular weight excluding hydrogens is 274 g/mol. The molecule has 1 fully saturated rings. The van der Waals surface area contributed by atoms with Crippen LogP contribution in [0.3, 0.4) is 0 Å². The molecule has 0 saturated heterocycles. The van der Waals surface area contributed by atoms with Crippen molar-refractivity contribution in [3.05, 3.63) is 29.8 Å². The second kappa shape index (κ2) is 7.69. The van der Waals surface area contributed by atoms with Crippen molar-refractivity contribution in [2.45, 2.75) is 63.9 Å². The number of benzene rings is 1. The van der Waals surface area contributed by atoms with E-state index in [1.54, 1.807) is 0 Å². The molecule has 0 aliphatic heterocycles. The van der Waals surface area contributed by atoms with E-state index in [4.69, 9.17) is 0 Å². The molecule has 2 rings (SSSR count).